The molecule has 0 unspecified atom stereocenters. The minimum atomic E-state index is 0.0328. The molecule has 2 rings (SSSR count). The number of ketones is 1. The van der Waals surface area contributed by atoms with E-state index in [1.54, 1.807) is 26.2 Å². The molecule has 2 aromatic rings. The second kappa shape index (κ2) is 6.44. The molecule has 0 aromatic heterocycles. The molecule has 3 nitrogen and oxygen atoms in total. The van der Waals surface area contributed by atoms with Crippen molar-refractivity contribution in [1.29, 1.82) is 0 Å². The van der Waals surface area contributed by atoms with Crippen LogP contribution in [0.1, 0.15) is 34.0 Å². The van der Waals surface area contributed by atoms with Crippen LogP contribution in [-0.2, 0) is 6.61 Å². The fourth-order valence-electron chi connectivity index (χ4n) is 2.23. The van der Waals surface area contributed by atoms with Gasteiger partial charge in [-0.3, -0.25) is 4.79 Å². The number of rotatable bonds is 5. The van der Waals surface area contributed by atoms with Crippen LogP contribution in [0.3, 0.4) is 0 Å². The maximum Gasteiger partial charge on any atom is 0.159 e. The normalized spacial score (nSPS) is 10.3. The predicted molar refractivity (Wildman–Crippen MR) is 83.2 cm³/mol. The van der Waals surface area contributed by atoms with E-state index in [0.29, 0.717) is 12.2 Å². The molecule has 0 radical (unpaired) electrons. The maximum absolute atomic E-state index is 11.5. The van der Waals surface area contributed by atoms with E-state index in [0.717, 1.165) is 22.6 Å². The number of carbonyl (C=O) groups is 1. The number of methoxy groups -OCH3 is 1. The molecule has 0 bridgehead atoms. The molecule has 0 N–H and O–H groups in total. The van der Waals surface area contributed by atoms with Crippen LogP contribution in [0.25, 0.3) is 0 Å². The number of aryl methyl sites for hydroxylation is 2. The van der Waals surface area contributed by atoms with Crippen LogP contribution in [0.15, 0.2) is 36.4 Å². The number of hydrogen-bond donors (Lipinski definition) is 0. The molecule has 0 aliphatic rings. The van der Waals surface area contributed by atoms with E-state index in [4.69, 9.17) is 9.47 Å². The van der Waals surface area contributed by atoms with Crippen molar-refractivity contribution in [2.75, 3.05) is 7.11 Å². The van der Waals surface area contributed by atoms with E-state index >= 15 is 0 Å². The Hall–Kier alpha value is -2.29. The molecule has 0 saturated carbocycles. The molecule has 0 aliphatic heterocycles. The largest absolute Gasteiger partial charge is 0.496 e. The summed E-state index contributed by atoms with van der Waals surface area (Å²) in [6.07, 6.45) is 0. The highest BCUT2D eigenvalue weighted by Gasteiger charge is 2.09. The zero-order valence-corrected chi connectivity index (χ0v) is 12.9. The Morgan fingerprint density at radius 3 is 2.38 bits per heavy atom. The zero-order chi connectivity index (χ0) is 15.4. The van der Waals surface area contributed by atoms with E-state index in [1.165, 1.54) is 5.56 Å². The van der Waals surface area contributed by atoms with Gasteiger partial charge >= 0.3 is 0 Å². The standard InChI is InChI=1S/C18H20O3/c1-12-5-7-17(13(2)9-12)21-11-16-10-15(14(3)19)6-8-18(16)20-4/h5-10H,11H2,1-4H3. The fraction of sp³-hybridized carbons (Fsp3) is 0.278. The average Bonchev–Trinajstić information content (AvgIpc) is 2.46. The first-order valence-electron chi connectivity index (χ1n) is 6.89. The molecule has 0 spiro atoms. The van der Waals surface area contributed by atoms with Crippen molar-refractivity contribution in [3.8, 4) is 11.5 Å². The first-order valence-corrected chi connectivity index (χ1v) is 6.89. The Balaban J connectivity index is 2.22. The van der Waals surface area contributed by atoms with Gasteiger partial charge in [0.25, 0.3) is 0 Å². The SMILES string of the molecule is COc1ccc(C(C)=O)cc1COc1ccc(C)cc1C. The summed E-state index contributed by atoms with van der Waals surface area (Å²) in [5.41, 5.74) is 3.83. The highest BCUT2D eigenvalue weighted by atomic mass is 16.5. The topological polar surface area (TPSA) is 35.5 Å². The van der Waals surface area contributed by atoms with Gasteiger partial charge in [0.15, 0.2) is 5.78 Å². The van der Waals surface area contributed by atoms with Gasteiger partial charge in [-0.1, -0.05) is 17.7 Å². The molecule has 3 heteroatoms. The first-order chi connectivity index (χ1) is 10.0. The average molecular weight is 284 g/mol. The number of carbonyl (C=O) groups excluding carboxylic acids is 1. The summed E-state index contributed by atoms with van der Waals surface area (Å²) in [4.78, 5) is 11.5. The summed E-state index contributed by atoms with van der Waals surface area (Å²) in [6.45, 7) is 5.99. The predicted octanol–water partition coefficient (Wildman–Crippen LogP) is 4.09. The van der Waals surface area contributed by atoms with E-state index in [9.17, 15) is 4.79 Å². The van der Waals surface area contributed by atoms with Crippen LogP contribution >= 0.6 is 0 Å². The van der Waals surface area contributed by atoms with E-state index in [-0.39, 0.29) is 5.78 Å². The van der Waals surface area contributed by atoms with Gasteiger partial charge in [0.1, 0.15) is 18.1 Å². The lowest BCUT2D eigenvalue weighted by Crippen LogP contribution is -2.02. The van der Waals surface area contributed by atoms with Crippen LogP contribution in [-0.4, -0.2) is 12.9 Å². The van der Waals surface area contributed by atoms with Crippen molar-refractivity contribution in [3.63, 3.8) is 0 Å². The fourth-order valence-corrected chi connectivity index (χ4v) is 2.23. The number of Topliss-reactive ketones (excluding diaryl/α,β-unsaturated/α-hetero) is 1. The smallest absolute Gasteiger partial charge is 0.159 e. The van der Waals surface area contributed by atoms with Gasteiger partial charge in [0.2, 0.25) is 0 Å². The lowest BCUT2D eigenvalue weighted by atomic mass is 10.1. The minimum Gasteiger partial charge on any atom is -0.496 e. The van der Waals surface area contributed by atoms with Crippen LogP contribution in [0.5, 0.6) is 11.5 Å². The third-order valence-electron chi connectivity index (χ3n) is 3.40. The van der Waals surface area contributed by atoms with Gasteiger partial charge in [-0.25, -0.2) is 0 Å². The van der Waals surface area contributed by atoms with Crippen molar-refractivity contribution in [2.24, 2.45) is 0 Å². The summed E-state index contributed by atoms with van der Waals surface area (Å²) in [5, 5.41) is 0. The molecule has 110 valence electrons. The molecule has 0 heterocycles. The minimum absolute atomic E-state index is 0.0328. The quantitative estimate of drug-likeness (QED) is 0.776. The number of ether oxygens (including phenoxy) is 2. The lowest BCUT2D eigenvalue weighted by molar-refractivity contribution is 0.101. The molecular weight excluding hydrogens is 264 g/mol. The first kappa shape index (κ1) is 15.1. The van der Waals surface area contributed by atoms with Crippen molar-refractivity contribution in [2.45, 2.75) is 27.4 Å². The molecule has 0 atom stereocenters. The van der Waals surface area contributed by atoms with E-state index < -0.39 is 0 Å². The van der Waals surface area contributed by atoms with Crippen molar-refractivity contribution in [1.82, 2.24) is 0 Å². The Kier molecular flexibility index (Phi) is 4.63. The van der Waals surface area contributed by atoms with Gasteiger partial charge in [0.05, 0.1) is 7.11 Å². The van der Waals surface area contributed by atoms with Crippen molar-refractivity contribution >= 4 is 5.78 Å². The lowest BCUT2D eigenvalue weighted by Gasteiger charge is -2.13. The van der Waals surface area contributed by atoms with Crippen LogP contribution in [0, 0.1) is 13.8 Å². The Bertz CT molecular complexity index is 660. The summed E-state index contributed by atoms with van der Waals surface area (Å²) >= 11 is 0. The summed E-state index contributed by atoms with van der Waals surface area (Å²) in [6, 6.07) is 11.5. The number of benzene rings is 2. The van der Waals surface area contributed by atoms with Crippen LogP contribution < -0.4 is 9.47 Å². The molecular formula is C18H20O3. The molecule has 0 amide bonds. The molecule has 2 aromatic carbocycles. The summed E-state index contributed by atoms with van der Waals surface area (Å²) in [7, 11) is 1.61. The van der Waals surface area contributed by atoms with Crippen LogP contribution in [0.4, 0.5) is 0 Å². The Morgan fingerprint density at radius 2 is 1.76 bits per heavy atom. The van der Waals surface area contributed by atoms with Gasteiger partial charge in [-0.2, -0.15) is 0 Å². The van der Waals surface area contributed by atoms with Crippen molar-refractivity contribution in [3.05, 3.63) is 58.7 Å². The van der Waals surface area contributed by atoms with Crippen molar-refractivity contribution < 1.29 is 14.3 Å². The third-order valence-corrected chi connectivity index (χ3v) is 3.40. The van der Waals surface area contributed by atoms with Gasteiger partial charge in [-0.15, -0.1) is 0 Å². The highest BCUT2D eigenvalue weighted by Crippen LogP contribution is 2.24. The zero-order valence-electron chi connectivity index (χ0n) is 12.9. The second-order valence-electron chi connectivity index (χ2n) is 5.14. The Morgan fingerprint density at radius 1 is 1.05 bits per heavy atom. The number of hydrogen-bond acceptors (Lipinski definition) is 3. The molecule has 0 aliphatic carbocycles. The molecule has 21 heavy (non-hydrogen) atoms. The summed E-state index contributed by atoms with van der Waals surface area (Å²) in [5.74, 6) is 1.60. The molecule has 0 saturated heterocycles. The maximum atomic E-state index is 11.5. The monoisotopic (exact) mass is 284 g/mol. The van der Waals surface area contributed by atoms with Crippen LogP contribution in [0.2, 0.25) is 0 Å². The highest BCUT2D eigenvalue weighted by molar-refractivity contribution is 5.94. The van der Waals surface area contributed by atoms with Gasteiger partial charge in [0, 0.05) is 11.1 Å². The van der Waals surface area contributed by atoms with Gasteiger partial charge in [-0.05, 0) is 50.6 Å². The molecule has 0 fully saturated rings. The summed E-state index contributed by atoms with van der Waals surface area (Å²) < 4.78 is 11.2. The third kappa shape index (κ3) is 3.63. The van der Waals surface area contributed by atoms with E-state index in [2.05, 4.69) is 13.0 Å². The van der Waals surface area contributed by atoms with E-state index in [1.807, 2.05) is 25.1 Å². The van der Waals surface area contributed by atoms with Gasteiger partial charge < -0.3 is 9.47 Å². The second-order valence-corrected chi connectivity index (χ2v) is 5.14. The Labute approximate surface area is 125 Å².